The predicted octanol–water partition coefficient (Wildman–Crippen LogP) is 4.89. The van der Waals surface area contributed by atoms with Crippen LogP contribution in [-0.4, -0.2) is 17.4 Å². The standard InChI is InChI=1S/C22H17FN2O2S/c1-16-15-18(12-13-19(16)23)28(26,27)25-21-10-6-5-9-20(21)24-22(25)14-11-17-7-3-2-4-8-17/h2-15H,1H3. The van der Waals surface area contributed by atoms with Crippen molar-refractivity contribution in [1.29, 1.82) is 0 Å². The smallest absolute Gasteiger partial charge is 0.228 e. The third kappa shape index (κ3) is 3.23. The molecule has 0 amide bonds. The van der Waals surface area contributed by atoms with Crippen LogP contribution in [0.4, 0.5) is 4.39 Å². The molecule has 6 heteroatoms. The molecule has 4 rings (SSSR count). The minimum absolute atomic E-state index is 0.0175. The fourth-order valence-electron chi connectivity index (χ4n) is 3.00. The molecule has 3 aromatic carbocycles. The Bertz CT molecular complexity index is 1290. The monoisotopic (exact) mass is 392 g/mol. The van der Waals surface area contributed by atoms with E-state index >= 15 is 0 Å². The van der Waals surface area contributed by atoms with Gasteiger partial charge in [-0.1, -0.05) is 48.5 Å². The number of aromatic nitrogens is 2. The number of nitrogens with zero attached hydrogens (tertiary/aromatic N) is 2. The molecular weight excluding hydrogens is 375 g/mol. The van der Waals surface area contributed by atoms with Crippen LogP contribution in [0.25, 0.3) is 23.2 Å². The number of hydrogen-bond donors (Lipinski definition) is 0. The van der Waals surface area contributed by atoms with Gasteiger partial charge in [0.15, 0.2) is 0 Å². The van der Waals surface area contributed by atoms with Gasteiger partial charge >= 0.3 is 0 Å². The summed E-state index contributed by atoms with van der Waals surface area (Å²) in [6, 6.07) is 20.4. The van der Waals surface area contributed by atoms with Crippen LogP contribution in [-0.2, 0) is 10.0 Å². The molecule has 0 saturated carbocycles. The summed E-state index contributed by atoms with van der Waals surface area (Å²) in [5.41, 5.74) is 2.23. The van der Waals surface area contributed by atoms with Crippen LogP contribution >= 0.6 is 0 Å². The second kappa shape index (κ2) is 7.05. The molecule has 0 fully saturated rings. The van der Waals surface area contributed by atoms with Gasteiger partial charge in [0.05, 0.1) is 15.9 Å². The van der Waals surface area contributed by atoms with Gasteiger partial charge in [0.1, 0.15) is 11.6 Å². The highest BCUT2D eigenvalue weighted by Crippen LogP contribution is 2.25. The van der Waals surface area contributed by atoms with Crippen molar-refractivity contribution in [2.45, 2.75) is 11.8 Å². The SMILES string of the molecule is Cc1cc(S(=O)(=O)n2c(C=Cc3ccccc3)nc3ccccc32)ccc1F. The van der Waals surface area contributed by atoms with Gasteiger partial charge in [-0.2, -0.15) is 0 Å². The van der Waals surface area contributed by atoms with E-state index in [1.165, 1.54) is 29.1 Å². The van der Waals surface area contributed by atoms with Crippen molar-refractivity contribution in [3.05, 3.63) is 95.6 Å². The highest BCUT2D eigenvalue weighted by molar-refractivity contribution is 7.90. The molecule has 4 aromatic rings. The second-order valence-electron chi connectivity index (χ2n) is 6.38. The Hall–Kier alpha value is -3.25. The van der Waals surface area contributed by atoms with Crippen molar-refractivity contribution in [2.24, 2.45) is 0 Å². The lowest BCUT2D eigenvalue weighted by molar-refractivity contribution is 0.586. The van der Waals surface area contributed by atoms with E-state index in [1.54, 1.807) is 30.3 Å². The van der Waals surface area contributed by atoms with E-state index in [0.29, 0.717) is 11.0 Å². The Labute approximate surface area is 162 Å². The first-order valence-electron chi connectivity index (χ1n) is 8.69. The Balaban J connectivity index is 1.92. The summed E-state index contributed by atoms with van der Waals surface area (Å²) >= 11 is 0. The van der Waals surface area contributed by atoms with E-state index in [9.17, 15) is 12.8 Å². The fraction of sp³-hybridized carbons (Fsp3) is 0.0455. The molecule has 0 N–H and O–H groups in total. The molecule has 4 nitrogen and oxygen atoms in total. The first kappa shape index (κ1) is 18.1. The van der Waals surface area contributed by atoms with Crippen molar-refractivity contribution in [1.82, 2.24) is 8.96 Å². The van der Waals surface area contributed by atoms with Crippen molar-refractivity contribution >= 4 is 33.2 Å². The predicted molar refractivity (Wildman–Crippen MR) is 109 cm³/mol. The molecule has 0 saturated heterocycles. The summed E-state index contributed by atoms with van der Waals surface area (Å²) < 4.78 is 41.6. The maximum absolute atomic E-state index is 13.6. The number of para-hydroxylation sites is 2. The number of imidazole rings is 1. The third-order valence-electron chi connectivity index (χ3n) is 4.44. The number of fused-ring (bicyclic) bond motifs is 1. The normalized spacial score (nSPS) is 12.1. The molecule has 1 heterocycles. The molecule has 0 spiro atoms. The molecular formula is C22H17FN2O2S. The van der Waals surface area contributed by atoms with E-state index < -0.39 is 15.8 Å². The largest absolute Gasteiger partial charge is 0.269 e. The molecule has 0 radical (unpaired) electrons. The van der Waals surface area contributed by atoms with E-state index in [2.05, 4.69) is 4.98 Å². The van der Waals surface area contributed by atoms with Crippen molar-refractivity contribution in [3.63, 3.8) is 0 Å². The van der Waals surface area contributed by atoms with Crippen molar-refractivity contribution < 1.29 is 12.8 Å². The second-order valence-corrected chi connectivity index (χ2v) is 8.17. The molecule has 0 unspecified atom stereocenters. The minimum Gasteiger partial charge on any atom is -0.228 e. The lowest BCUT2D eigenvalue weighted by Gasteiger charge is -2.10. The number of benzene rings is 3. The van der Waals surface area contributed by atoms with Gasteiger partial charge in [-0.3, -0.25) is 0 Å². The molecule has 28 heavy (non-hydrogen) atoms. The van der Waals surface area contributed by atoms with E-state index in [4.69, 9.17) is 0 Å². The van der Waals surface area contributed by atoms with Crippen LogP contribution in [0.2, 0.25) is 0 Å². The summed E-state index contributed by atoms with van der Waals surface area (Å²) in [7, 11) is -3.96. The topological polar surface area (TPSA) is 52.0 Å². The Morgan fingerprint density at radius 1 is 0.929 bits per heavy atom. The molecule has 0 atom stereocenters. The summed E-state index contributed by atoms with van der Waals surface area (Å²) in [4.78, 5) is 4.50. The highest BCUT2D eigenvalue weighted by atomic mass is 32.2. The molecule has 1 aromatic heterocycles. The molecule has 140 valence electrons. The average Bonchev–Trinajstić information content (AvgIpc) is 3.08. The zero-order chi connectivity index (χ0) is 19.7. The van der Waals surface area contributed by atoms with Gasteiger partial charge < -0.3 is 0 Å². The van der Waals surface area contributed by atoms with Crippen LogP contribution in [0.5, 0.6) is 0 Å². The van der Waals surface area contributed by atoms with Crippen molar-refractivity contribution in [3.8, 4) is 0 Å². The van der Waals surface area contributed by atoms with Crippen LogP contribution in [0, 0.1) is 12.7 Å². The summed E-state index contributed by atoms with van der Waals surface area (Å²) in [6.07, 6.45) is 3.48. The van der Waals surface area contributed by atoms with Crippen LogP contribution in [0.15, 0.2) is 77.7 Å². The van der Waals surface area contributed by atoms with Crippen molar-refractivity contribution in [2.75, 3.05) is 0 Å². The Kier molecular flexibility index (Phi) is 4.57. The first-order valence-corrected chi connectivity index (χ1v) is 10.1. The highest BCUT2D eigenvalue weighted by Gasteiger charge is 2.23. The third-order valence-corrected chi connectivity index (χ3v) is 6.15. The molecule has 0 aliphatic heterocycles. The lowest BCUT2D eigenvalue weighted by atomic mass is 10.2. The van der Waals surface area contributed by atoms with Crippen LogP contribution in [0.1, 0.15) is 17.0 Å². The zero-order valence-electron chi connectivity index (χ0n) is 15.1. The summed E-state index contributed by atoms with van der Waals surface area (Å²) in [5.74, 6) is -0.161. The fourth-order valence-corrected chi connectivity index (χ4v) is 4.54. The molecule has 0 aliphatic rings. The molecule has 0 bridgehead atoms. The maximum atomic E-state index is 13.6. The Morgan fingerprint density at radius 2 is 1.64 bits per heavy atom. The summed E-state index contributed by atoms with van der Waals surface area (Å²) in [5, 5.41) is 0. The van der Waals surface area contributed by atoms with Gasteiger partial charge in [0.2, 0.25) is 0 Å². The number of halogens is 1. The number of aryl methyl sites for hydroxylation is 1. The Morgan fingerprint density at radius 3 is 2.39 bits per heavy atom. The quantitative estimate of drug-likeness (QED) is 0.497. The first-order chi connectivity index (χ1) is 13.5. The van der Waals surface area contributed by atoms with Gasteiger partial charge in [0, 0.05) is 0 Å². The van der Waals surface area contributed by atoms with Gasteiger partial charge in [-0.25, -0.2) is 21.8 Å². The van der Waals surface area contributed by atoms with Crippen LogP contribution in [0.3, 0.4) is 0 Å². The molecule has 0 aliphatic carbocycles. The van der Waals surface area contributed by atoms with E-state index in [0.717, 1.165) is 5.56 Å². The van der Waals surface area contributed by atoms with Gasteiger partial charge in [-0.05, 0) is 54.5 Å². The lowest BCUT2D eigenvalue weighted by Crippen LogP contribution is -2.15. The van der Waals surface area contributed by atoms with Gasteiger partial charge in [-0.15, -0.1) is 0 Å². The average molecular weight is 392 g/mol. The van der Waals surface area contributed by atoms with Crippen LogP contribution < -0.4 is 0 Å². The number of hydrogen-bond acceptors (Lipinski definition) is 3. The van der Waals surface area contributed by atoms with E-state index in [1.807, 2.05) is 36.4 Å². The zero-order valence-corrected chi connectivity index (χ0v) is 15.9. The minimum atomic E-state index is -3.96. The maximum Gasteiger partial charge on any atom is 0.269 e. The van der Waals surface area contributed by atoms with E-state index in [-0.39, 0.29) is 16.3 Å². The summed E-state index contributed by atoms with van der Waals surface area (Å²) in [6.45, 7) is 1.54. The van der Waals surface area contributed by atoms with Gasteiger partial charge in [0.25, 0.3) is 10.0 Å². The number of rotatable bonds is 4.